The molecule has 2 aromatic rings. The Balaban J connectivity index is 1.66. The number of hydrogen-bond acceptors (Lipinski definition) is 5. The van der Waals surface area contributed by atoms with Gasteiger partial charge in [-0.3, -0.25) is 9.59 Å². The lowest BCUT2D eigenvalue weighted by molar-refractivity contribution is -0.118. The summed E-state index contributed by atoms with van der Waals surface area (Å²) in [6, 6.07) is 7.84. The molecule has 3 rings (SSSR count). The van der Waals surface area contributed by atoms with E-state index < -0.39 is 0 Å². The molecule has 3 N–H and O–H groups in total. The molecule has 0 saturated heterocycles. The van der Waals surface area contributed by atoms with Crippen LogP contribution in [0.15, 0.2) is 29.4 Å². The number of hydrogen-bond donors (Lipinski definition) is 2. The highest BCUT2D eigenvalue weighted by Crippen LogP contribution is 2.40. The van der Waals surface area contributed by atoms with Crippen molar-refractivity contribution in [3.8, 4) is 0 Å². The van der Waals surface area contributed by atoms with E-state index in [4.69, 9.17) is 5.73 Å². The Morgan fingerprint density at radius 3 is 2.59 bits per heavy atom. The highest BCUT2D eigenvalue weighted by molar-refractivity contribution is 8.00. The number of benzene rings is 1. The molecular formula is C19H25N5O2S. The van der Waals surface area contributed by atoms with Crippen LogP contribution in [0.2, 0.25) is 0 Å². The zero-order chi connectivity index (χ0) is 19.4. The van der Waals surface area contributed by atoms with Gasteiger partial charge in [-0.15, -0.1) is 10.2 Å². The van der Waals surface area contributed by atoms with Gasteiger partial charge in [-0.1, -0.05) is 30.8 Å². The van der Waals surface area contributed by atoms with Crippen LogP contribution in [0.25, 0.3) is 0 Å². The molecule has 27 heavy (non-hydrogen) atoms. The van der Waals surface area contributed by atoms with Crippen molar-refractivity contribution in [3.63, 3.8) is 0 Å². The van der Waals surface area contributed by atoms with E-state index >= 15 is 0 Å². The number of anilines is 1. The second kappa shape index (κ2) is 8.56. The third kappa shape index (κ3) is 5.09. The van der Waals surface area contributed by atoms with Gasteiger partial charge >= 0.3 is 0 Å². The molecule has 1 aliphatic carbocycles. The summed E-state index contributed by atoms with van der Waals surface area (Å²) in [6.45, 7) is 4.38. The highest BCUT2D eigenvalue weighted by Gasteiger charge is 2.31. The Bertz CT molecular complexity index is 814. The molecule has 0 radical (unpaired) electrons. The number of primary amides is 1. The SMILES string of the molecule is CCc1ccc(NC(=O)[C@@H](C)Sc2nnc(C3CC3)n2CCC(N)=O)cc1. The van der Waals surface area contributed by atoms with Gasteiger partial charge in [-0.05, 0) is 43.9 Å². The average Bonchev–Trinajstić information content (AvgIpc) is 3.42. The summed E-state index contributed by atoms with van der Waals surface area (Å²) < 4.78 is 1.94. The summed E-state index contributed by atoms with van der Waals surface area (Å²) in [4.78, 5) is 23.7. The van der Waals surface area contributed by atoms with E-state index in [0.717, 1.165) is 30.8 Å². The van der Waals surface area contributed by atoms with Crippen LogP contribution >= 0.6 is 11.8 Å². The molecule has 1 aromatic carbocycles. The maximum atomic E-state index is 12.5. The third-order valence-corrected chi connectivity index (χ3v) is 5.63. The molecule has 0 bridgehead atoms. The molecule has 1 aromatic heterocycles. The number of thioether (sulfide) groups is 1. The summed E-state index contributed by atoms with van der Waals surface area (Å²) >= 11 is 1.35. The van der Waals surface area contributed by atoms with Crippen LogP contribution in [0.5, 0.6) is 0 Å². The zero-order valence-electron chi connectivity index (χ0n) is 15.6. The summed E-state index contributed by atoms with van der Waals surface area (Å²) in [5.41, 5.74) is 7.30. The van der Waals surface area contributed by atoms with E-state index in [2.05, 4.69) is 22.4 Å². The molecule has 0 aliphatic heterocycles. The summed E-state index contributed by atoms with van der Waals surface area (Å²) in [5.74, 6) is 0.840. The van der Waals surface area contributed by atoms with Crippen molar-refractivity contribution in [1.82, 2.24) is 14.8 Å². The number of nitrogens with two attached hydrogens (primary N) is 1. The Kier molecular flexibility index (Phi) is 6.15. The topological polar surface area (TPSA) is 103 Å². The van der Waals surface area contributed by atoms with Gasteiger partial charge in [-0.25, -0.2) is 0 Å². The molecule has 0 spiro atoms. The smallest absolute Gasteiger partial charge is 0.237 e. The first-order valence-corrected chi connectivity index (χ1v) is 10.1. The maximum absolute atomic E-state index is 12.5. The normalized spacial score (nSPS) is 14.7. The van der Waals surface area contributed by atoms with Gasteiger partial charge in [0.1, 0.15) is 5.82 Å². The van der Waals surface area contributed by atoms with Gasteiger partial charge < -0.3 is 15.6 Å². The molecule has 2 amide bonds. The number of aryl methyl sites for hydroxylation is 1. The molecule has 7 nitrogen and oxygen atoms in total. The molecule has 8 heteroatoms. The number of carbonyl (C=O) groups excluding carboxylic acids is 2. The Morgan fingerprint density at radius 1 is 1.30 bits per heavy atom. The van der Waals surface area contributed by atoms with Crippen LogP contribution in [-0.2, 0) is 22.6 Å². The van der Waals surface area contributed by atoms with Gasteiger partial charge in [0.2, 0.25) is 11.8 Å². The molecule has 1 aliphatic rings. The molecule has 1 fully saturated rings. The number of amides is 2. The quantitative estimate of drug-likeness (QED) is 0.644. The van der Waals surface area contributed by atoms with Crippen molar-refractivity contribution in [3.05, 3.63) is 35.7 Å². The van der Waals surface area contributed by atoms with Crippen LogP contribution in [0.1, 0.15) is 50.4 Å². The van der Waals surface area contributed by atoms with Crippen LogP contribution < -0.4 is 11.1 Å². The fourth-order valence-electron chi connectivity index (χ4n) is 2.74. The Hall–Kier alpha value is -2.35. The van der Waals surface area contributed by atoms with E-state index in [1.54, 1.807) is 0 Å². The largest absolute Gasteiger partial charge is 0.370 e. The molecule has 1 saturated carbocycles. The third-order valence-electron chi connectivity index (χ3n) is 4.55. The van der Waals surface area contributed by atoms with Crippen LogP contribution in [0.3, 0.4) is 0 Å². The minimum Gasteiger partial charge on any atom is -0.370 e. The van der Waals surface area contributed by atoms with E-state index in [0.29, 0.717) is 17.6 Å². The fourth-order valence-corrected chi connectivity index (χ4v) is 3.62. The standard InChI is InChI=1S/C19H25N5O2S/c1-3-13-4-8-15(9-5-13)21-18(26)12(2)27-19-23-22-17(14-6-7-14)24(19)11-10-16(20)25/h4-5,8-9,12,14H,3,6-7,10-11H2,1-2H3,(H2,20,25)(H,21,26)/t12-/m1/s1. The maximum Gasteiger partial charge on any atom is 0.237 e. The number of nitrogens with one attached hydrogen (secondary N) is 1. The number of carbonyl (C=O) groups is 2. The second-order valence-corrected chi connectivity index (χ2v) is 8.09. The molecule has 0 unspecified atom stereocenters. The number of aromatic nitrogens is 3. The summed E-state index contributed by atoms with van der Waals surface area (Å²) in [6.07, 6.45) is 3.37. The van der Waals surface area contributed by atoms with Crippen molar-refractivity contribution in [2.45, 2.75) is 62.4 Å². The van der Waals surface area contributed by atoms with Gasteiger partial charge in [0.25, 0.3) is 0 Å². The van der Waals surface area contributed by atoms with Crippen LogP contribution in [0, 0.1) is 0 Å². The van der Waals surface area contributed by atoms with Crippen molar-refractivity contribution in [1.29, 1.82) is 0 Å². The highest BCUT2D eigenvalue weighted by atomic mass is 32.2. The molecule has 144 valence electrons. The average molecular weight is 388 g/mol. The first-order chi connectivity index (χ1) is 13.0. The fraction of sp³-hybridized carbons (Fsp3) is 0.474. The first-order valence-electron chi connectivity index (χ1n) is 9.25. The Morgan fingerprint density at radius 2 is 2.00 bits per heavy atom. The van der Waals surface area contributed by atoms with Crippen molar-refractivity contribution < 1.29 is 9.59 Å². The molecule has 1 atom stereocenters. The van der Waals surface area contributed by atoms with Crippen molar-refractivity contribution in [2.75, 3.05) is 5.32 Å². The van der Waals surface area contributed by atoms with Gasteiger partial charge in [0.05, 0.1) is 5.25 Å². The van der Waals surface area contributed by atoms with Gasteiger partial charge in [0, 0.05) is 24.6 Å². The first kappa shape index (κ1) is 19.4. The number of nitrogens with zero attached hydrogens (tertiary/aromatic N) is 3. The van der Waals surface area contributed by atoms with Gasteiger partial charge in [-0.2, -0.15) is 0 Å². The minimum absolute atomic E-state index is 0.0957. The van der Waals surface area contributed by atoms with Crippen molar-refractivity contribution in [2.24, 2.45) is 5.73 Å². The lowest BCUT2D eigenvalue weighted by Crippen LogP contribution is -2.23. The summed E-state index contributed by atoms with van der Waals surface area (Å²) in [5, 5.41) is 11.8. The van der Waals surface area contributed by atoms with Gasteiger partial charge in [0.15, 0.2) is 5.16 Å². The van der Waals surface area contributed by atoms with E-state index in [1.807, 2.05) is 35.8 Å². The van der Waals surface area contributed by atoms with E-state index in [1.165, 1.54) is 17.3 Å². The molecule has 1 heterocycles. The minimum atomic E-state index is -0.359. The van der Waals surface area contributed by atoms with Crippen LogP contribution in [-0.4, -0.2) is 31.8 Å². The lowest BCUT2D eigenvalue weighted by atomic mass is 10.1. The Labute approximate surface area is 163 Å². The predicted molar refractivity (Wildman–Crippen MR) is 106 cm³/mol. The van der Waals surface area contributed by atoms with E-state index in [9.17, 15) is 9.59 Å². The predicted octanol–water partition coefficient (Wildman–Crippen LogP) is 2.71. The second-order valence-electron chi connectivity index (χ2n) is 6.78. The summed E-state index contributed by atoms with van der Waals surface area (Å²) in [7, 11) is 0. The van der Waals surface area contributed by atoms with Crippen LogP contribution in [0.4, 0.5) is 5.69 Å². The zero-order valence-corrected chi connectivity index (χ0v) is 16.5. The monoisotopic (exact) mass is 387 g/mol. The lowest BCUT2D eigenvalue weighted by Gasteiger charge is -2.13. The number of rotatable bonds is 9. The van der Waals surface area contributed by atoms with E-state index in [-0.39, 0.29) is 23.5 Å². The van der Waals surface area contributed by atoms with Crippen molar-refractivity contribution >= 4 is 29.3 Å². The molecular weight excluding hydrogens is 362 g/mol.